The molecule has 0 aliphatic rings. The molecule has 0 bridgehead atoms. The molecule has 2 aromatic rings. The van der Waals surface area contributed by atoms with Crippen molar-refractivity contribution in [2.75, 3.05) is 5.43 Å². The molecule has 1 aromatic carbocycles. The van der Waals surface area contributed by atoms with E-state index >= 15 is 0 Å². The molecule has 0 radical (unpaired) electrons. The summed E-state index contributed by atoms with van der Waals surface area (Å²) >= 11 is 0. The Hall–Kier alpha value is -2.46. The summed E-state index contributed by atoms with van der Waals surface area (Å²) in [6.07, 6.45) is -3.94. The van der Waals surface area contributed by atoms with Crippen LogP contribution in [-0.4, -0.2) is 19.2 Å². The first kappa shape index (κ1) is 17.9. The Bertz CT molecular complexity index is 832. The first-order chi connectivity index (χ1) is 11.1. The number of sulfonamides is 1. The molecule has 10 heteroatoms. The number of aromatic nitrogens is 1. The topological polar surface area (TPSA) is 88.2 Å². The van der Waals surface area contributed by atoms with Gasteiger partial charge in [0.25, 0.3) is 10.0 Å². The quantitative estimate of drug-likeness (QED) is 0.633. The largest absolute Gasteiger partial charge is 0.417 e. The van der Waals surface area contributed by atoms with Crippen molar-refractivity contribution >= 4 is 21.6 Å². The maximum atomic E-state index is 12.4. The van der Waals surface area contributed by atoms with Gasteiger partial charge in [0, 0.05) is 11.8 Å². The average molecular weight is 359 g/mol. The summed E-state index contributed by atoms with van der Waals surface area (Å²) in [7, 11) is -3.97. The lowest BCUT2D eigenvalue weighted by Gasteiger charge is -2.10. The van der Waals surface area contributed by atoms with Gasteiger partial charge in [-0.05, 0) is 31.2 Å². The number of nitrogens with zero attached hydrogens (tertiary/aromatic N) is 1. The van der Waals surface area contributed by atoms with Crippen LogP contribution >= 0.6 is 0 Å². The molecular weight excluding hydrogens is 347 g/mol. The van der Waals surface area contributed by atoms with Crippen LogP contribution in [-0.2, 0) is 16.2 Å². The summed E-state index contributed by atoms with van der Waals surface area (Å²) in [5.41, 5.74) is 1.62. The van der Waals surface area contributed by atoms with Crippen LogP contribution in [0.15, 0.2) is 47.5 Å². The van der Waals surface area contributed by atoms with Crippen LogP contribution in [0, 0.1) is 0 Å². The van der Waals surface area contributed by atoms with E-state index in [2.05, 4.69) is 10.4 Å². The van der Waals surface area contributed by atoms with Gasteiger partial charge in [-0.1, -0.05) is 12.1 Å². The predicted octanol–water partition coefficient (Wildman–Crippen LogP) is 2.61. The Balaban J connectivity index is 2.08. The van der Waals surface area contributed by atoms with Crippen LogP contribution in [0.5, 0.6) is 0 Å². The molecule has 0 unspecified atom stereocenters. The van der Waals surface area contributed by atoms with E-state index in [0.29, 0.717) is 11.8 Å². The maximum Gasteiger partial charge on any atom is 0.417 e. The van der Waals surface area contributed by atoms with Crippen molar-refractivity contribution in [2.24, 2.45) is 0 Å². The lowest BCUT2D eigenvalue weighted by molar-refractivity contribution is -0.137. The van der Waals surface area contributed by atoms with E-state index in [1.54, 1.807) is 0 Å². The van der Waals surface area contributed by atoms with E-state index in [0.717, 1.165) is 12.1 Å². The van der Waals surface area contributed by atoms with E-state index in [9.17, 15) is 26.4 Å². The number of rotatable bonds is 5. The van der Waals surface area contributed by atoms with E-state index in [1.165, 1.54) is 31.2 Å². The molecule has 2 N–H and O–H groups in total. The second kappa shape index (κ2) is 6.57. The number of carbonyl (C=O) groups is 1. The highest BCUT2D eigenvalue weighted by molar-refractivity contribution is 7.89. The van der Waals surface area contributed by atoms with Crippen LogP contribution in [0.2, 0.25) is 0 Å². The van der Waals surface area contributed by atoms with E-state index in [4.69, 9.17) is 0 Å². The van der Waals surface area contributed by atoms with E-state index in [1.807, 2.05) is 4.83 Å². The van der Waals surface area contributed by atoms with Crippen molar-refractivity contribution in [1.29, 1.82) is 0 Å². The van der Waals surface area contributed by atoms with Crippen LogP contribution in [0.4, 0.5) is 19.0 Å². The van der Waals surface area contributed by atoms with Gasteiger partial charge in [-0.25, -0.2) is 13.4 Å². The van der Waals surface area contributed by atoms with Crippen molar-refractivity contribution < 1.29 is 26.4 Å². The number of hydrogen-bond donors (Lipinski definition) is 2. The predicted molar refractivity (Wildman–Crippen MR) is 79.6 cm³/mol. The fourth-order valence-electron chi connectivity index (χ4n) is 1.68. The smallest absolute Gasteiger partial charge is 0.295 e. The van der Waals surface area contributed by atoms with E-state index < -0.39 is 21.8 Å². The Morgan fingerprint density at radius 3 is 2.17 bits per heavy atom. The molecule has 24 heavy (non-hydrogen) atoms. The molecular formula is C14H12F3N3O3S. The minimum Gasteiger partial charge on any atom is -0.295 e. The van der Waals surface area contributed by atoms with Gasteiger partial charge in [-0.2, -0.15) is 13.2 Å². The number of halogens is 3. The number of hydrogen-bond acceptors (Lipinski definition) is 5. The number of anilines is 1. The third-order valence-corrected chi connectivity index (χ3v) is 4.24. The Morgan fingerprint density at radius 2 is 1.71 bits per heavy atom. The molecule has 128 valence electrons. The lowest BCUT2D eigenvalue weighted by atomic mass is 10.2. The van der Waals surface area contributed by atoms with Gasteiger partial charge in [0.2, 0.25) is 0 Å². The van der Waals surface area contributed by atoms with Gasteiger partial charge in [0.15, 0.2) is 5.78 Å². The zero-order valence-corrected chi connectivity index (χ0v) is 13.1. The van der Waals surface area contributed by atoms with Gasteiger partial charge in [0.05, 0.1) is 10.5 Å². The summed E-state index contributed by atoms with van der Waals surface area (Å²) in [4.78, 5) is 16.5. The number of alkyl halides is 3. The first-order valence-corrected chi connectivity index (χ1v) is 8.00. The maximum absolute atomic E-state index is 12.4. The van der Waals surface area contributed by atoms with Crippen molar-refractivity contribution in [2.45, 2.75) is 18.0 Å². The third-order valence-electron chi connectivity index (χ3n) is 2.98. The zero-order chi connectivity index (χ0) is 18.0. The van der Waals surface area contributed by atoms with Crippen molar-refractivity contribution in [3.8, 4) is 0 Å². The van der Waals surface area contributed by atoms with Crippen molar-refractivity contribution in [3.63, 3.8) is 0 Å². The van der Waals surface area contributed by atoms with Crippen LogP contribution < -0.4 is 10.3 Å². The number of hydrazine groups is 1. The molecule has 0 spiro atoms. The molecule has 1 heterocycles. The number of ketones is 1. The molecule has 0 saturated carbocycles. The molecule has 0 aliphatic carbocycles. The first-order valence-electron chi connectivity index (χ1n) is 6.52. The van der Waals surface area contributed by atoms with Gasteiger partial charge >= 0.3 is 6.18 Å². The summed E-state index contributed by atoms with van der Waals surface area (Å²) in [5, 5.41) is 0. The second-order valence-electron chi connectivity index (χ2n) is 4.74. The van der Waals surface area contributed by atoms with Gasteiger partial charge in [-0.15, -0.1) is 4.83 Å². The molecule has 1 aromatic heterocycles. The van der Waals surface area contributed by atoms with Gasteiger partial charge in [-0.3, -0.25) is 10.2 Å². The number of benzene rings is 1. The molecule has 0 amide bonds. The zero-order valence-electron chi connectivity index (χ0n) is 12.3. The number of Topliss-reactive ketones (excluding diaryl/α,β-unsaturated/α-hetero) is 1. The summed E-state index contributed by atoms with van der Waals surface area (Å²) in [6, 6.07) is 6.94. The minimum atomic E-state index is -4.52. The number of pyridine rings is 1. The van der Waals surface area contributed by atoms with Crippen molar-refractivity contribution in [1.82, 2.24) is 9.82 Å². The molecule has 0 aliphatic heterocycles. The summed E-state index contributed by atoms with van der Waals surface area (Å²) in [6.45, 7) is 1.35. The highest BCUT2D eigenvalue weighted by atomic mass is 32.2. The monoisotopic (exact) mass is 359 g/mol. The van der Waals surface area contributed by atoms with Crippen LogP contribution in [0.1, 0.15) is 22.8 Å². The Kier molecular flexibility index (Phi) is 4.90. The number of nitrogens with one attached hydrogen (secondary N) is 2. The van der Waals surface area contributed by atoms with Gasteiger partial charge in [0.1, 0.15) is 5.82 Å². The standard InChI is InChI=1S/C14H12F3N3O3S/c1-9(21)10-2-5-12(6-3-10)24(22,23)20-19-13-7-4-11(8-18-13)14(15,16)17/h2-8,20H,1H3,(H,18,19). The fourth-order valence-corrected chi connectivity index (χ4v) is 2.53. The summed E-state index contributed by atoms with van der Waals surface area (Å²) < 4.78 is 61.3. The number of carbonyl (C=O) groups excluding carboxylic acids is 1. The van der Waals surface area contributed by atoms with Crippen molar-refractivity contribution in [3.05, 3.63) is 53.7 Å². The molecule has 0 atom stereocenters. The second-order valence-corrected chi connectivity index (χ2v) is 6.42. The SMILES string of the molecule is CC(=O)c1ccc(S(=O)(=O)NNc2ccc(C(F)(F)F)cn2)cc1. The Labute approximate surface area is 135 Å². The normalized spacial score (nSPS) is 12.0. The van der Waals surface area contributed by atoms with Crippen LogP contribution in [0.3, 0.4) is 0 Å². The fraction of sp³-hybridized carbons (Fsp3) is 0.143. The van der Waals surface area contributed by atoms with Crippen LogP contribution in [0.25, 0.3) is 0 Å². The Morgan fingerprint density at radius 1 is 1.08 bits per heavy atom. The third kappa shape index (κ3) is 4.30. The molecule has 2 rings (SSSR count). The minimum absolute atomic E-state index is 0.105. The van der Waals surface area contributed by atoms with E-state index in [-0.39, 0.29) is 16.5 Å². The molecule has 6 nitrogen and oxygen atoms in total. The highest BCUT2D eigenvalue weighted by Crippen LogP contribution is 2.28. The lowest BCUT2D eigenvalue weighted by Crippen LogP contribution is -2.30. The average Bonchev–Trinajstić information content (AvgIpc) is 2.52. The summed E-state index contributed by atoms with van der Waals surface area (Å²) in [5.74, 6) is -0.314. The molecule has 0 fully saturated rings. The molecule has 0 saturated heterocycles. The van der Waals surface area contributed by atoms with Gasteiger partial charge < -0.3 is 0 Å². The highest BCUT2D eigenvalue weighted by Gasteiger charge is 2.30.